The van der Waals surface area contributed by atoms with Gasteiger partial charge in [0.2, 0.25) is 15.9 Å². The van der Waals surface area contributed by atoms with Crippen molar-refractivity contribution in [3.63, 3.8) is 0 Å². The highest BCUT2D eigenvalue weighted by atomic mass is 32.2. The van der Waals surface area contributed by atoms with Gasteiger partial charge in [0.15, 0.2) is 15.6 Å². The second-order valence-corrected chi connectivity index (χ2v) is 13.1. The van der Waals surface area contributed by atoms with Gasteiger partial charge in [0.1, 0.15) is 16.0 Å². The molecule has 12 heteroatoms. The van der Waals surface area contributed by atoms with Crippen molar-refractivity contribution in [3.8, 4) is 6.07 Å². The summed E-state index contributed by atoms with van der Waals surface area (Å²) >= 11 is 0. The Kier molecular flexibility index (Phi) is 7.96. The van der Waals surface area contributed by atoms with E-state index < -0.39 is 54.1 Å². The Labute approximate surface area is 225 Å². The smallest absolute Gasteiger partial charge is 0.243 e. The molecule has 1 N–H and O–H groups in total. The van der Waals surface area contributed by atoms with Crippen LogP contribution in [-0.2, 0) is 35.9 Å². The van der Waals surface area contributed by atoms with Crippen molar-refractivity contribution < 1.29 is 30.8 Å². The number of halogens is 1. The van der Waals surface area contributed by atoms with Gasteiger partial charge in [-0.3, -0.25) is 9.59 Å². The summed E-state index contributed by atoms with van der Waals surface area (Å²) in [6, 6.07) is 18.3. The fourth-order valence-corrected chi connectivity index (χ4v) is 7.83. The SMILES string of the molecule is CC(=O)Nc1ccc(S(=O)(=O)N2CC(Cc3ccc(C#N)cc3)C(=O)C(S(=O)(=O)c3ccccc3F)C2)cc1. The molecule has 4 rings (SSSR count). The van der Waals surface area contributed by atoms with Crippen LogP contribution < -0.4 is 5.32 Å². The summed E-state index contributed by atoms with van der Waals surface area (Å²) in [7, 11) is -8.88. The van der Waals surface area contributed by atoms with Crippen LogP contribution in [-0.4, -0.2) is 51.2 Å². The van der Waals surface area contributed by atoms with Gasteiger partial charge in [0.25, 0.3) is 0 Å². The number of Topliss-reactive ketones (excluding diaryl/α,β-unsaturated/α-hetero) is 1. The molecule has 2 unspecified atom stereocenters. The van der Waals surface area contributed by atoms with Crippen molar-refractivity contribution in [2.45, 2.75) is 28.4 Å². The van der Waals surface area contributed by atoms with Crippen LogP contribution in [0.4, 0.5) is 10.1 Å². The molecule has 0 spiro atoms. The van der Waals surface area contributed by atoms with Gasteiger partial charge in [0, 0.05) is 31.6 Å². The molecule has 0 radical (unpaired) electrons. The zero-order valence-electron chi connectivity index (χ0n) is 20.7. The molecule has 2 atom stereocenters. The van der Waals surface area contributed by atoms with Crippen molar-refractivity contribution in [2.24, 2.45) is 5.92 Å². The zero-order valence-corrected chi connectivity index (χ0v) is 22.4. The topological polar surface area (TPSA) is 141 Å². The lowest BCUT2D eigenvalue weighted by molar-refractivity contribution is -0.124. The van der Waals surface area contributed by atoms with Crippen LogP contribution in [0.3, 0.4) is 0 Å². The van der Waals surface area contributed by atoms with Crippen LogP contribution in [0.2, 0.25) is 0 Å². The summed E-state index contributed by atoms with van der Waals surface area (Å²) in [6.07, 6.45) is 0.0152. The molecule has 3 aromatic carbocycles. The average Bonchev–Trinajstić information content (AvgIpc) is 2.90. The van der Waals surface area contributed by atoms with E-state index >= 15 is 0 Å². The molecule has 1 aliphatic heterocycles. The lowest BCUT2D eigenvalue weighted by atomic mass is 9.90. The highest BCUT2D eigenvalue weighted by Crippen LogP contribution is 2.31. The number of nitriles is 1. The number of nitrogens with one attached hydrogen (secondary N) is 1. The van der Waals surface area contributed by atoms with E-state index in [1.165, 1.54) is 43.3 Å². The molecule has 0 bridgehead atoms. The van der Waals surface area contributed by atoms with Gasteiger partial charge in [-0.15, -0.1) is 0 Å². The molecule has 9 nitrogen and oxygen atoms in total. The van der Waals surface area contributed by atoms with Crippen LogP contribution >= 0.6 is 0 Å². The number of nitrogens with zero attached hydrogens (tertiary/aromatic N) is 2. The monoisotopic (exact) mass is 569 g/mol. The van der Waals surface area contributed by atoms with E-state index in [9.17, 15) is 30.8 Å². The minimum Gasteiger partial charge on any atom is -0.326 e. The quantitative estimate of drug-likeness (QED) is 0.461. The van der Waals surface area contributed by atoms with E-state index in [4.69, 9.17) is 5.26 Å². The highest BCUT2D eigenvalue weighted by Gasteiger charge is 2.47. The summed E-state index contributed by atoms with van der Waals surface area (Å²) in [6.45, 7) is 0.326. The van der Waals surface area contributed by atoms with Gasteiger partial charge in [-0.05, 0) is 60.5 Å². The lowest BCUT2D eigenvalue weighted by Crippen LogP contribution is -2.55. The molecule has 1 aliphatic rings. The van der Waals surface area contributed by atoms with Crippen molar-refractivity contribution >= 4 is 37.2 Å². The van der Waals surface area contributed by atoms with E-state index in [2.05, 4.69) is 5.32 Å². The molecule has 202 valence electrons. The summed E-state index contributed by atoms with van der Waals surface area (Å²) in [4.78, 5) is 24.0. The fraction of sp³-hybridized carbons (Fsp3) is 0.222. The Morgan fingerprint density at radius 3 is 2.23 bits per heavy atom. The van der Waals surface area contributed by atoms with Crippen LogP contribution in [0.25, 0.3) is 0 Å². The first kappa shape index (κ1) is 28.1. The maximum absolute atomic E-state index is 14.5. The maximum atomic E-state index is 14.5. The Morgan fingerprint density at radius 1 is 1.00 bits per heavy atom. The number of sulfone groups is 1. The van der Waals surface area contributed by atoms with Gasteiger partial charge in [-0.25, -0.2) is 21.2 Å². The summed E-state index contributed by atoms with van der Waals surface area (Å²) in [5.74, 6) is -3.14. The largest absolute Gasteiger partial charge is 0.326 e. The van der Waals surface area contributed by atoms with E-state index in [0.717, 1.165) is 16.4 Å². The molecule has 0 aromatic heterocycles. The van der Waals surface area contributed by atoms with E-state index in [1.807, 2.05) is 6.07 Å². The standard InChI is InChI=1S/C27H24FN3O6S2/c1-18(32)30-22-10-12-23(13-11-22)39(36,37)31-16-21(14-19-6-8-20(15-29)9-7-19)27(33)26(17-31)38(34,35)25-5-3-2-4-24(25)28/h2-13,21,26H,14,16-17H2,1H3,(H,30,32). The van der Waals surface area contributed by atoms with Crippen molar-refractivity contribution in [1.29, 1.82) is 5.26 Å². The van der Waals surface area contributed by atoms with Crippen molar-refractivity contribution in [3.05, 3.63) is 89.7 Å². The second kappa shape index (κ2) is 11.1. The molecule has 39 heavy (non-hydrogen) atoms. The van der Waals surface area contributed by atoms with Crippen molar-refractivity contribution in [1.82, 2.24) is 4.31 Å². The van der Waals surface area contributed by atoms with Gasteiger partial charge in [-0.2, -0.15) is 9.57 Å². The number of hydrogen-bond acceptors (Lipinski definition) is 7. The Hall–Kier alpha value is -3.92. The third-order valence-corrected chi connectivity index (χ3v) is 10.3. The number of carbonyl (C=O) groups is 2. The van der Waals surface area contributed by atoms with Gasteiger partial charge in [0.05, 0.1) is 16.5 Å². The number of benzene rings is 3. The number of amides is 1. The minimum absolute atomic E-state index is 0.0152. The molecular formula is C27H24FN3O6S2. The Morgan fingerprint density at radius 2 is 1.64 bits per heavy atom. The first-order chi connectivity index (χ1) is 18.4. The lowest BCUT2D eigenvalue weighted by Gasteiger charge is -2.35. The van der Waals surface area contributed by atoms with Gasteiger partial charge >= 0.3 is 0 Å². The van der Waals surface area contributed by atoms with Gasteiger partial charge in [-0.1, -0.05) is 24.3 Å². The minimum atomic E-state index is -4.59. The van der Waals surface area contributed by atoms with Crippen LogP contribution in [0.1, 0.15) is 18.1 Å². The van der Waals surface area contributed by atoms with E-state index in [1.54, 1.807) is 24.3 Å². The number of rotatable bonds is 7. The summed E-state index contributed by atoms with van der Waals surface area (Å²) < 4.78 is 69.7. The Bertz CT molecular complexity index is 1670. The van der Waals surface area contributed by atoms with Crippen molar-refractivity contribution in [2.75, 3.05) is 18.4 Å². The second-order valence-electron chi connectivity index (χ2n) is 9.10. The molecule has 1 amide bonds. The first-order valence-corrected chi connectivity index (χ1v) is 14.8. The number of sulfonamides is 1. The number of piperidine rings is 1. The van der Waals surface area contributed by atoms with Gasteiger partial charge < -0.3 is 5.32 Å². The molecule has 3 aromatic rings. The highest BCUT2D eigenvalue weighted by molar-refractivity contribution is 7.93. The average molecular weight is 570 g/mol. The number of hydrogen-bond donors (Lipinski definition) is 1. The molecular weight excluding hydrogens is 545 g/mol. The van der Waals surface area contributed by atoms with E-state index in [0.29, 0.717) is 16.8 Å². The van der Waals surface area contributed by atoms with E-state index in [-0.39, 0.29) is 23.8 Å². The predicted octanol–water partition coefficient (Wildman–Crippen LogP) is 2.93. The molecule has 0 saturated carbocycles. The summed E-state index contributed by atoms with van der Waals surface area (Å²) in [5, 5.41) is 9.75. The fourth-order valence-electron chi connectivity index (χ4n) is 4.45. The number of ketones is 1. The number of anilines is 1. The molecule has 1 heterocycles. The third kappa shape index (κ3) is 5.90. The molecule has 1 fully saturated rings. The normalized spacial score (nSPS) is 18.3. The van der Waals surface area contributed by atoms with Crippen LogP contribution in [0.15, 0.2) is 82.6 Å². The molecule has 1 saturated heterocycles. The molecule has 0 aliphatic carbocycles. The van der Waals surface area contributed by atoms with Crippen LogP contribution in [0, 0.1) is 23.1 Å². The third-order valence-electron chi connectivity index (χ3n) is 6.41. The number of carbonyl (C=O) groups excluding carboxylic acids is 2. The summed E-state index contributed by atoms with van der Waals surface area (Å²) in [5.41, 5.74) is 1.36. The predicted molar refractivity (Wildman–Crippen MR) is 140 cm³/mol. The Balaban J connectivity index is 1.73. The van der Waals surface area contributed by atoms with Crippen LogP contribution in [0.5, 0.6) is 0 Å². The zero-order chi connectivity index (χ0) is 28.4. The first-order valence-electron chi connectivity index (χ1n) is 11.8. The maximum Gasteiger partial charge on any atom is 0.243 e.